The van der Waals surface area contributed by atoms with Crippen molar-refractivity contribution < 1.29 is 9.78 Å². The van der Waals surface area contributed by atoms with E-state index >= 15 is 0 Å². The molecule has 16 heavy (non-hydrogen) atoms. The molecule has 0 atom stereocenters. The number of rotatable bonds is 3. The SMILES string of the molecule is Nc1ccc(OOc2ccccc2)c(N)c1. The second-order valence-corrected chi connectivity index (χ2v) is 3.28. The predicted molar refractivity (Wildman–Crippen MR) is 63.0 cm³/mol. The maximum absolute atomic E-state index is 5.70. The Labute approximate surface area is 93.3 Å². The van der Waals surface area contributed by atoms with Crippen LogP contribution in [0, 0.1) is 0 Å². The van der Waals surface area contributed by atoms with Crippen molar-refractivity contribution in [2.45, 2.75) is 0 Å². The largest absolute Gasteiger partial charge is 0.399 e. The van der Waals surface area contributed by atoms with Crippen LogP contribution in [0.3, 0.4) is 0 Å². The van der Waals surface area contributed by atoms with E-state index in [1.807, 2.05) is 18.2 Å². The summed E-state index contributed by atoms with van der Waals surface area (Å²) in [6.45, 7) is 0. The molecule has 0 aliphatic carbocycles. The van der Waals surface area contributed by atoms with E-state index in [0.717, 1.165) is 0 Å². The lowest BCUT2D eigenvalue weighted by Crippen LogP contribution is -2.03. The molecule has 0 saturated heterocycles. The van der Waals surface area contributed by atoms with Crippen LogP contribution in [0.4, 0.5) is 11.4 Å². The van der Waals surface area contributed by atoms with Crippen molar-refractivity contribution in [2.24, 2.45) is 0 Å². The van der Waals surface area contributed by atoms with Crippen molar-refractivity contribution in [3.8, 4) is 11.5 Å². The average molecular weight is 216 g/mol. The fraction of sp³-hybridized carbons (Fsp3) is 0. The van der Waals surface area contributed by atoms with Crippen LogP contribution in [-0.2, 0) is 0 Å². The average Bonchev–Trinajstić information content (AvgIpc) is 2.29. The van der Waals surface area contributed by atoms with Crippen LogP contribution in [0.25, 0.3) is 0 Å². The third-order valence-electron chi connectivity index (χ3n) is 2.00. The minimum absolute atomic E-state index is 0.441. The molecule has 2 aromatic carbocycles. The van der Waals surface area contributed by atoms with E-state index in [0.29, 0.717) is 22.9 Å². The van der Waals surface area contributed by atoms with Crippen LogP contribution < -0.4 is 21.2 Å². The molecule has 2 rings (SSSR count). The van der Waals surface area contributed by atoms with Crippen molar-refractivity contribution in [1.29, 1.82) is 0 Å². The van der Waals surface area contributed by atoms with Crippen molar-refractivity contribution in [1.82, 2.24) is 0 Å². The van der Waals surface area contributed by atoms with Gasteiger partial charge in [-0.25, -0.2) is 0 Å². The highest BCUT2D eigenvalue weighted by Crippen LogP contribution is 2.24. The molecule has 82 valence electrons. The summed E-state index contributed by atoms with van der Waals surface area (Å²) in [6.07, 6.45) is 0. The summed E-state index contributed by atoms with van der Waals surface area (Å²) >= 11 is 0. The van der Waals surface area contributed by atoms with Gasteiger partial charge in [0, 0.05) is 5.69 Å². The van der Waals surface area contributed by atoms with Crippen LogP contribution in [0.2, 0.25) is 0 Å². The summed E-state index contributed by atoms with van der Waals surface area (Å²) in [5.74, 6) is 1.05. The van der Waals surface area contributed by atoms with E-state index in [1.165, 1.54) is 0 Å². The summed E-state index contributed by atoms with van der Waals surface area (Å²) in [6, 6.07) is 14.1. The minimum Gasteiger partial charge on any atom is -0.399 e. The first kappa shape index (κ1) is 10.2. The predicted octanol–water partition coefficient (Wildman–Crippen LogP) is 2.22. The lowest BCUT2D eigenvalue weighted by atomic mass is 10.3. The second kappa shape index (κ2) is 4.44. The van der Waals surface area contributed by atoms with Crippen molar-refractivity contribution in [3.63, 3.8) is 0 Å². The Hall–Kier alpha value is -2.36. The first-order chi connectivity index (χ1) is 7.75. The quantitative estimate of drug-likeness (QED) is 0.469. The highest BCUT2D eigenvalue weighted by Gasteiger charge is 2.02. The Morgan fingerprint density at radius 1 is 0.812 bits per heavy atom. The van der Waals surface area contributed by atoms with E-state index < -0.39 is 0 Å². The number of anilines is 2. The van der Waals surface area contributed by atoms with Crippen molar-refractivity contribution in [2.75, 3.05) is 11.5 Å². The molecular formula is C12H12N2O2. The highest BCUT2D eigenvalue weighted by molar-refractivity contribution is 5.60. The smallest absolute Gasteiger partial charge is 0.201 e. The molecule has 0 spiro atoms. The summed E-state index contributed by atoms with van der Waals surface area (Å²) in [7, 11) is 0. The fourth-order valence-corrected chi connectivity index (χ4v) is 1.21. The molecule has 0 aromatic heterocycles. The number of hydrogen-bond acceptors (Lipinski definition) is 4. The molecule has 0 amide bonds. The topological polar surface area (TPSA) is 70.5 Å². The maximum Gasteiger partial charge on any atom is 0.201 e. The van der Waals surface area contributed by atoms with Crippen molar-refractivity contribution in [3.05, 3.63) is 48.5 Å². The van der Waals surface area contributed by atoms with E-state index in [1.54, 1.807) is 30.3 Å². The molecule has 0 aliphatic heterocycles. The van der Waals surface area contributed by atoms with Crippen molar-refractivity contribution >= 4 is 11.4 Å². The fourth-order valence-electron chi connectivity index (χ4n) is 1.21. The normalized spacial score (nSPS) is 9.75. The Kier molecular flexibility index (Phi) is 2.82. The first-order valence-corrected chi connectivity index (χ1v) is 4.80. The van der Waals surface area contributed by atoms with Gasteiger partial charge in [0.2, 0.25) is 5.75 Å². The molecule has 0 fully saturated rings. The van der Waals surface area contributed by atoms with E-state index in [-0.39, 0.29) is 0 Å². The first-order valence-electron chi connectivity index (χ1n) is 4.80. The number of nitrogens with two attached hydrogens (primary N) is 2. The summed E-state index contributed by atoms with van der Waals surface area (Å²) in [4.78, 5) is 10.2. The van der Waals surface area contributed by atoms with Crippen LogP contribution in [-0.4, -0.2) is 0 Å². The number of para-hydroxylation sites is 1. The Balaban J connectivity index is 2.05. The van der Waals surface area contributed by atoms with Gasteiger partial charge in [0.1, 0.15) is 0 Å². The third kappa shape index (κ3) is 2.36. The molecular weight excluding hydrogens is 204 g/mol. The van der Waals surface area contributed by atoms with Gasteiger partial charge in [-0.2, -0.15) is 0 Å². The van der Waals surface area contributed by atoms with Crippen LogP contribution in [0.5, 0.6) is 11.5 Å². The van der Waals surface area contributed by atoms with E-state index in [4.69, 9.17) is 21.2 Å². The molecule has 4 nitrogen and oxygen atoms in total. The van der Waals surface area contributed by atoms with Gasteiger partial charge in [0.05, 0.1) is 5.69 Å². The van der Waals surface area contributed by atoms with Gasteiger partial charge in [-0.05, 0) is 30.3 Å². The summed E-state index contributed by atoms with van der Waals surface area (Å²) in [5, 5.41) is 0. The number of benzene rings is 2. The third-order valence-corrected chi connectivity index (χ3v) is 2.00. The zero-order valence-electron chi connectivity index (χ0n) is 8.59. The van der Waals surface area contributed by atoms with Crippen LogP contribution in [0.15, 0.2) is 48.5 Å². The minimum atomic E-state index is 0.441. The van der Waals surface area contributed by atoms with E-state index in [2.05, 4.69) is 0 Å². The molecule has 0 bridgehead atoms. The molecule has 4 heteroatoms. The van der Waals surface area contributed by atoms with Gasteiger partial charge >= 0.3 is 0 Å². The lowest BCUT2D eigenvalue weighted by molar-refractivity contribution is -0.0991. The Morgan fingerprint density at radius 2 is 1.56 bits per heavy atom. The van der Waals surface area contributed by atoms with Gasteiger partial charge < -0.3 is 11.5 Å². The van der Waals surface area contributed by atoms with Gasteiger partial charge in [-0.15, -0.1) is 0 Å². The van der Waals surface area contributed by atoms with Gasteiger partial charge in [0.15, 0.2) is 5.75 Å². The van der Waals surface area contributed by atoms with Crippen LogP contribution in [0.1, 0.15) is 0 Å². The van der Waals surface area contributed by atoms with Gasteiger partial charge in [0.25, 0.3) is 0 Å². The molecule has 2 aromatic rings. The highest BCUT2D eigenvalue weighted by atomic mass is 17.2. The Bertz CT molecular complexity index is 472. The maximum atomic E-state index is 5.70. The van der Waals surface area contributed by atoms with Gasteiger partial charge in [-0.3, -0.25) is 9.78 Å². The molecule has 0 saturated carbocycles. The number of hydrogen-bond donors (Lipinski definition) is 2. The molecule has 0 radical (unpaired) electrons. The zero-order chi connectivity index (χ0) is 11.4. The molecule has 0 aliphatic rings. The van der Waals surface area contributed by atoms with Gasteiger partial charge in [-0.1, -0.05) is 18.2 Å². The molecule has 4 N–H and O–H groups in total. The van der Waals surface area contributed by atoms with E-state index in [9.17, 15) is 0 Å². The lowest BCUT2D eigenvalue weighted by Gasteiger charge is -2.07. The monoisotopic (exact) mass is 216 g/mol. The second-order valence-electron chi connectivity index (χ2n) is 3.28. The molecule has 0 unspecified atom stereocenters. The standard InChI is InChI=1S/C12H12N2O2/c13-9-6-7-12(11(14)8-9)16-15-10-4-2-1-3-5-10/h1-8H,13-14H2. The van der Waals surface area contributed by atoms with Crippen LogP contribution >= 0.6 is 0 Å². The number of nitrogen functional groups attached to an aromatic ring is 2. The zero-order valence-corrected chi connectivity index (χ0v) is 8.59. The molecule has 0 heterocycles. The summed E-state index contributed by atoms with van der Waals surface area (Å²) < 4.78 is 0. The summed E-state index contributed by atoms with van der Waals surface area (Å²) in [5.41, 5.74) is 12.3. The Morgan fingerprint density at radius 3 is 2.25 bits per heavy atom.